The van der Waals surface area contributed by atoms with Gasteiger partial charge in [-0.1, -0.05) is 18.2 Å². The lowest BCUT2D eigenvalue weighted by Crippen LogP contribution is -2.29. The molecule has 0 aliphatic carbocycles. The van der Waals surface area contributed by atoms with Gasteiger partial charge in [0.15, 0.2) is 5.69 Å². The molecule has 2 aromatic carbocycles. The molecule has 176 valence electrons. The van der Waals surface area contributed by atoms with Crippen molar-refractivity contribution in [2.24, 2.45) is 0 Å². The number of carbonyl (C=O) groups is 1. The zero-order valence-corrected chi connectivity index (χ0v) is 17.5. The highest BCUT2D eigenvalue weighted by Gasteiger charge is 2.41. The zero-order valence-electron chi connectivity index (χ0n) is 17.5. The van der Waals surface area contributed by atoms with E-state index in [1.807, 2.05) is 6.92 Å². The van der Waals surface area contributed by atoms with Gasteiger partial charge in [0.05, 0.1) is 35.7 Å². The highest BCUT2D eigenvalue weighted by Crippen LogP contribution is 2.35. The monoisotopic (exact) mass is 471 g/mol. The first-order valence-electron chi connectivity index (χ1n) is 9.78. The molecule has 11 heteroatoms. The van der Waals surface area contributed by atoms with Gasteiger partial charge in [0.1, 0.15) is 5.75 Å². The van der Waals surface area contributed by atoms with Crippen LogP contribution in [0.5, 0.6) is 5.75 Å². The Morgan fingerprint density at radius 3 is 2.30 bits per heavy atom. The summed E-state index contributed by atoms with van der Waals surface area (Å²) in [6.45, 7) is 3.86. The number of rotatable bonds is 6. The normalized spacial score (nSPS) is 13.0. The Labute approximate surface area is 185 Å². The lowest BCUT2D eigenvalue weighted by molar-refractivity contribution is -0.143. The molecule has 3 aromatic rings. The third-order valence-corrected chi connectivity index (χ3v) is 4.74. The van der Waals surface area contributed by atoms with Gasteiger partial charge in [-0.15, -0.1) is 0 Å². The van der Waals surface area contributed by atoms with Crippen LogP contribution in [-0.4, -0.2) is 22.3 Å². The molecule has 1 amide bonds. The van der Waals surface area contributed by atoms with E-state index in [9.17, 15) is 31.1 Å². The number of ether oxygens (including phenoxy) is 1. The minimum atomic E-state index is -5.06. The van der Waals surface area contributed by atoms with Crippen molar-refractivity contribution >= 4 is 5.91 Å². The van der Waals surface area contributed by atoms with E-state index in [2.05, 4.69) is 10.4 Å². The number of nitrogens with zero attached hydrogens (tertiary/aromatic N) is 2. The van der Waals surface area contributed by atoms with Gasteiger partial charge >= 0.3 is 12.4 Å². The highest BCUT2D eigenvalue weighted by atomic mass is 19.4. The lowest BCUT2D eigenvalue weighted by atomic mass is 10.1. The van der Waals surface area contributed by atoms with Crippen molar-refractivity contribution in [1.29, 1.82) is 0 Å². The average molecular weight is 471 g/mol. The molecule has 0 fully saturated rings. The van der Waals surface area contributed by atoms with E-state index in [0.717, 1.165) is 18.2 Å². The molecular formula is C22H19F6N3O2. The number of halogens is 6. The Balaban J connectivity index is 1.92. The van der Waals surface area contributed by atoms with Gasteiger partial charge in [0, 0.05) is 0 Å². The van der Waals surface area contributed by atoms with Crippen molar-refractivity contribution in [1.82, 2.24) is 15.1 Å². The fourth-order valence-electron chi connectivity index (χ4n) is 3.17. The summed E-state index contributed by atoms with van der Waals surface area (Å²) in [6, 6.07) is 9.25. The third-order valence-electron chi connectivity index (χ3n) is 4.74. The molecule has 1 atom stereocenters. The number of aromatic nitrogens is 2. The van der Waals surface area contributed by atoms with Crippen molar-refractivity contribution in [3.8, 4) is 11.4 Å². The molecule has 0 aliphatic rings. The van der Waals surface area contributed by atoms with Crippen LogP contribution < -0.4 is 10.1 Å². The first-order valence-corrected chi connectivity index (χ1v) is 9.78. The number of amides is 1. The van der Waals surface area contributed by atoms with E-state index in [4.69, 9.17) is 4.74 Å². The Kier molecular flexibility index (Phi) is 6.71. The average Bonchev–Trinajstić information content (AvgIpc) is 3.20. The van der Waals surface area contributed by atoms with Crippen LogP contribution in [0.3, 0.4) is 0 Å². The van der Waals surface area contributed by atoms with Crippen LogP contribution in [0.15, 0.2) is 54.7 Å². The number of carbonyl (C=O) groups excluding carboxylic acids is 1. The number of alkyl halides is 6. The van der Waals surface area contributed by atoms with E-state index >= 15 is 0 Å². The fourth-order valence-corrected chi connectivity index (χ4v) is 3.17. The first kappa shape index (κ1) is 24.1. The molecule has 3 rings (SSSR count). The van der Waals surface area contributed by atoms with Crippen molar-refractivity contribution in [2.45, 2.75) is 32.2 Å². The number of benzene rings is 2. The number of hydrogen-bond donors (Lipinski definition) is 1. The van der Waals surface area contributed by atoms with Gasteiger partial charge in [-0.05, 0) is 49.7 Å². The van der Waals surface area contributed by atoms with E-state index in [1.165, 1.54) is 0 Å². The smallest absolute Gasteiger partial charge is 0.434 e. The van der Waals surface area contributed by atoms with Crippen LogP contribution in [0.2, 0.25) is 0 Å². The summed E-state index contributed by atoms with van der Waals surface area (Å²) in [5, 5.41) is 6.02. The van der Waals surface area contributed by atoms with Gasteiger partial charge in [-0.2, -0.15) is 31.4 Å². The maximum absolute atomic E-state index is 13.8. The molecule has 0 aliphatic heterocycles. The van der Waals surface area contributed by atoms with Crippen molar-refractivity contribution < 1.29 is 35.9 Å². The molecule has 0 saturated heterocycles. The Morgan fingerprint density at radius 1 is 1.06 bits per heavy atom. The van der Waals surface area contributed by atoms with Gasteiger partial charge in [-0.25, -0.2) is 4.68 Å². The van der Waals surface area contributed by atoms with Crippen LogP contribution in [0.4, 0.5) is 26.3 Å². The third kappa shape index (κ3) is 5.47. The zero-order chi connectivity index (χ0) is 24.4. The molecule has 5 nitrogen and oxygen atoms in total. The van der Waals surface area contributed by atoms with Crippen LogP contribution in [0.1, 0.15) is 47.1 Å². The molecular weight excluding hydrogens is 452 g/mol. The van der Waals surface area contributed by atoms with Crippen molar-refractivity contribution in [3.05, 3.63) is 77.1 Å². The first-order chi connectivity index (χ1) is 15.4. The second kappa shape index (κ2) is 9.16. The van der Waals surface area contributed by atoms with Crippen molar-refractivity contribution in [2.75, 3.05) is 6.61 Å². The molecule has 0 saturated carbocycles. The second-order valence-electron chi connectivity index (χ2n) is 7.06. The maximum Gasteiger partial charge on any atom is 0.434 e. The Hall–Kier alpha value is -3.50. The van der Waals surface area contributed by atoms with Gasteiger partial charge in [0.2, 0.25) is 0 Å². The highest BCUT2D eigenvalue weighted by molar-refractivity contribution is 5.95. The van der Waals surface area contributed by atoms with Crippen molar-refractivity contribution in [3.63, 3.8) is 0 Å². The largest absolute Gasteiger partial charge is 0.494 e. The second-order valence-corrected chi connectivity index (χ2v) is 7.06. The quantitative estimate of drug-likeness (QED) is 0.463. The predicted octanol–water partition coefficient (Wildman–Crippen LogP) is 5.80. The summed E-state index contributed by atoms with van der Waals surface area (Å²) < 4.78 is 86.1. The molecule has 0 spiro atoms. The molecule has 0 radical (unpaired) electrons. The molecule has 1 unspecified atom stereocenters. The van der Waals surface area contributed by atoms with Gasteiger partial charge in [-0.3, -0.25) is 4.79 Å². The number of nitrogens with one attached hydrogen (secondary N) is 1. The molecule has 1 aromatic heterocycles. The fraction of sp³-hybridized carbons (Fsp3) is 0.273. The van der Waals surface area contributed by atoms with E-state index in [1.54, 1.807) is 31.2 Å². The lowest BCUT2D eigenvalue weighted by Gasteiger charge is -2.17. The summed E-state index contributed by atoms with van der Waals surface area (Å²) in [6.07, 6.45) is -9.13. The van der Waals surface area contributed by atoms with Crippen LogP contribution in [-0.2, 0) is 12.4 Å². The topological polar surface area (TPSA) is 56.1 Å². The Morgan fingerprint density at radius 2 is 1.73 bits per heavy atom. The number of hydrogen-bond acceptors (Lipinski definition) is 3. The van der Waals surface area contributed by atoms with Gasteiger partial charge < -0.3 is 10.1 Å². The summed E-state index contributed by atoms with van der Waals surface area (Å²) in [5.74, 6) is -0.469. The van der Waals surface area contributed by atoms with Crippen LogP contribution >= 0.6 is 0 Å². The van der Waals surface area contributed by atoms with E-state index in [0.29, 0.717) is 30.2 Å². The van der Waals surface area contributed by atoms with Crippen LogP contribution in [0, 0.1) is 0 Å². The minimum absolute atomic E-state index is 0.283. The molecule has 33 heavy (non-hydrogen) atoms. The molecule has 1 heterocycles. The minimum Gasteiger partial charge on any atom is -0.494 e. The summed E-state index contributed by atoms with van der Waals surface area (Å²) in [4.78, 5) is 12.7. The standard InChI is InChI=1S/C22H19F6N3O2/c1-3-33-17-9-7-14(8-10-17)13(2)30-20(32)18-12-29-31(19(18)22(26,27)28)16-6-4-5-15(11-16)21(23,24)25/h4-13H,3H2,1-2H3,(H,30,32). The van der Waals surface area contributed by atoms with E-state index < -0.39 is 46.8 Å². The Bertz CT molecular complexity index is 1120. The van der Waals surface area contributed by atoms with Crippen LogP contribution in [0.25, 0.3) is 5.69 Å². The van der Waals surface area contributed by atoms with E-state index in [-0.39, 0.29) is 4.68 Å². The molecule has 1 N–H and O–H groups in total. The van der Waals surface area contributed by atoms with Gasteiger partial charge in [0.25, 0.3) is 5.91 Å². The molecule has 0 bridgehead atoms. The summed E-state index contributed by atoms with van der Waals surface area (Å²) in [5.41, 5.74) is -3.28. The SMILES string of the molecule is CCOc1ccc(C(C)NC(=O)c2cnn(-c3cccc(C(F)(F)F)c3)c2C(F)(F)F)cc1. The predicted molar refractivity (Wildman–Crippen MR) is 107 cm³/mol. The summed E-state index contributed by atoms with van der Waals surface area (Å²) in [7, 11) is 0. The summed E-state index contributed by atoms with van der Waals surface area (Å²) >= 11 is 0. The maximum atomic E-state index is 13.8.